The number of nitrogens with one attached hydrogen (secondary N) is 1. The summed E-state index contributed by atoms with van der Waals surface area (Å²) in [5, 5.41) is 15.0. The smallest absolute Gasteiger partial charge is 0.269 e. The summed E-state index contributed by atoms with van der Waals surface area (Å²) < 4.78 is 0. The van der Waals surface area contributed by atoms with Gasteiger partial charge in [-0.05, 0) is 17.2 Å². The number of nitro groups is 1. The van der Waals surface area contributed by atoms with Crippen molar-refractivity contribution < 1.29 is 19.3 Å². The molecule has 8 nitrogen and oxygen atoms in total. The first kappa shape index (κ1) is 29.9. The van der Waals surface area contributed by atoms with Crippen molar-refractivity contribution in [3.05, 3.63) is 177 Å². The van der Waals surface area contributed by atoms with Crippen molar-refractivity contribution in [1.29, 1.82) is 0 Å². The number of thiocarbonyl (C=S) groups is 1. The fraction of sp³-hybridized carbons (Fsp3) is 0.105. The normalized spacial score (nSPS) is 19.3. The Kier molecular flexibility index (Phi) is 7.33. The maximum absolute atomic E-state index is 15.2. The van der Waals surface area contributed by atoms with Gasteiger partial charge in [-0.2, -0.15) is 0 Å². The number of carbonyl (C=O) groups excluding carboxylic acids is 3. The fourth-order valence-electron chi connectivity index (χ4n) is 7.10. The van der Waals surface area contributed by atoms with Crippen LogP contribution >= 0.6 is 12.2 Å². The number of benzene rings is 5. The first-order valence-corrected chi connectivity index (χ1v) is 15.4. The highest BCUT2D eigenvalue weighted by atomic mass is 32.1. The highest BCUT2D eigenvalue weighted by molar-refractivity contribution is 7.80. The van der Waals surface area contributed by atoms with E-state index in [0.717, 1.165) is 5.56 Å². The lowest BCUT2D eigenvalue weighted by atomic mass is 9.59. The Bertz CT molecular complexity index is 2000. The summed E-state index contributed by atoms with van der Waals surface area (Å²) in [6, 6.07) is 39.3. The van der Waals surface area contributed by atoms with E-state index in [1.54, 1.807) is 71.6 Å². The molecule has 0 aliphatic carbocycles. The highest BCUT2D eigenvalue weighted by Crippen LogP contribution is 2.61. The van der Waals surface area contributed by atoms with Crippen molar-refractivity contribution in [1.82, 2.24) is 5.32 Å². The van der Waals surface area contributed by atoms with Crippen molar-refractivity contribution in [3.8, 4) is 0 Å². The van der Waals surface area contributed by atoms with Gasteiger partial charge in [-0.1, -0.05) is 134 Å². The second kappa shape index (κ2) is 11.5. The molecular formula is C38H27N3O5S. The van der Waals surface area contributed by atoms with Gasteiger partial charge in [-0.15, -0.1) is 0 Å². The van der Waals surface area contributed by atoms with E-state index < -0.39 is 39.3 Å². The summed E-state index contributed by atoms with van der Waals surface area (Å²) in [5.74, 6) is -2.76. The SMILES string of the molecule is O=C(c1ccccc1)C1(C(=O)c2ccccc2)C(=S)NC2(C(=O)N(Cc3ccccc3)c3ccccc32)C1c1ccc([N+](=O)[O-])cc1. The first-order chi connectivity index (χ1) is 22.8. The second-order valence-corrected chi connectivity index (χ2v) is 12.0. The van der Waals surface area contributed by atoms with Crippen LogP contribution in [-0.2, 0) is 16.9 Å². The Morgan fingerprint density at radius 2 is 1.26 bits per heavy atom. The zero-order chi connectivity index (χ0) is 32.8. The second-order valence-electron chi connectivity index (χ2n) is 11.6. The fourth-order valence-corrected chi connectivity index (χ4v) is 7.57. The Hall–Kier alpha value is -5.80. The van der Waals surface area contributed by atoms with Gasteiger partial charge in [0.15, 0.2) is 22.5 Å². The molecule has 1 fully saturated rings. The van der Waals surface area contributed by atoms with Crippen LogP contribution in [0.25, 0.3) is 0 Å². The monoisotopic (exact) mass is 637 g/mol. The number of rotatable bonds is 8. The quantitative estimate of drug-likeness (QED) is 0.0655. The van der Waals surface area contributed by atoms with E-state index in [2.05, 4.69) is 5.32 Å². The largest absolute Gasteiger partial charge is 0.360 e. The lowest BCUT2D eigenvalue weighted by Crippen LogP contribution is -2.52. The van der Waals surface area contributed by atoms with E-state index in [9.17, 15) is 10.1 Å². The number of fused-ring (bicyclic) bond motifs is 2. The molecule has 0 aromatic heterocycles. The number of amides is 1. The predicted molar refractivity (Wildman–Crippen MR) is 181 cm³/mol. The van der Waals surface area contributed by atoms with Gasteiger partial charge in [0.25, 0.3) is 11.6 Å². The van der Waals surface area contributed by atoms with Crippen LogP contribution in [0.5, 0.6) is 0 Å². The van der Waals surface area contributed by atoms with Gasteiger partial charge in [0.1, 0.15) is 0 Å². The van der Waals surface area contributed by atoms with Gasteiger partial charge in [0.05, 0.1) is 22.1 Å². The molecule has 47 heavy (non-hydrogen) atoms. The molecule has 1 N–H and O–H groups in total. The Labute approximate surface area is 275 Å². The zero-order valence-corrected chi connectivity index (χ0v) is 25.7. The van der Waals surface area contributed by atoms with E-state index in [0.29, 0.717) is 16.8 Å². The van der Waals surface area contributed by atoms with Crippen molar-refractivity contribution in [3.63, 3.8) is 0 Å². The van der Waals surface area contributed by atoms with Gasteiger partial charge in [-0.3, -0.25) is 24.5 Å². The molecule has 2 unspecified atom stereocenters. The summed E-state index contributed by atoms with van der Waals surface area (Å²) in [6.45, 7) is 0.228. The summed E-state index contributed by atoms with van der Waals surface area (Å²) in [5.41, 5.74) is -1.07. The van der Waals surface area contributed by atoms with Gasteiger partial charge in [0, 0.05) is 34.7 Å². The van der Waals surface area contributed by atoms with Crippen molar-refractivity contribution in [2.24, 2.45) is 5.41 Å². The van der Waals surface area contributed by atoms with Crippen LogP contribution in [0.3, 0.4) is 0 Å². The van der Waals surface area contributed by atoms with E-state index in [-0.39, 0.29) is 28.3 Å². The molecule has 230 valence electrons. The van der Waals surface area contributed by atoms with E-state index in [4.69, 9.17) is 12.2 Å². The summed E-state index contributed by atoms with van der Waals surface area (Å²) in [4.78, 5) is 58.1. The number of hydrogen-bond acceptors (Lipinski definition) is 6. The first-order valence-electron chi connectivity index (χ1n) is 15.0. The molecule has 0 radical (unpaired) electrons. The molecule has 7 rings (SSSR count). The number of para-hydroxylation sites is 1. The van der Waals surface area contributed by atoms with Gasteiger partial charge in [0.2, 0.25) is 0 Å². The number of carbonyl (C=O) groups is 3. The third kappa shape index (κ3) is 4.50. The van der Waals surface area contributed by atoms with E-state index in [1.165, 1.54) is 24.3 Å². The van der Waals surface area contributed by atoms with Crippen LogP contribution in [0, 0.1) is 15.5 Å². The molecule has 5 aromatic rings. The van der Waals surface area contributed by atoms with Gasteiger partial charge in [-0.25, -0.2) is 0 Å². The average Bonchev–Trinajstić information content (AvgIpc) is 3.52. The molecule has 0 saturated carbocycles. The van der Waals surface area contributed by atoms with Crippen LogP contribution in [0.4, 0.5) is 11.4 Å². The van der Waals surface area contributed by atoms with Crippen molar-refractivity contribution in [2.45, 2.75) is 18.0 Å². The van der Waals surface area contributed by atoms with Gasteiger partial charge < -0.3 is 10.2 Å². The summed E-state index contributed by atoms with van der Waals surface area (Å²) in [7, 11) is 0. The maximum atomic E-state index is 15.2. The number of hydrogen-bond donors (Lipinski definition) is 1. The number of anilines is 1. The Morgan fingerprint density at radius 3 is 1.81 bits per heavy atom. The third-order valence-electron chi connectivity index (χ3n) is 9.15. The molecule has 1 amide bonds. The molecule has 2 aliphatic heterocycles. The number of non-ortho nitro benzene ring substituents is 1. The third-order valence-corrected chi connectivity index (χ3v) is 9.57. The number of Topliss-reactive ketones (excluding diaryl/α,β-unsaturated/α-hetero) is 2. The number of nitrogens with zero attached hydrogens (tertiary/aromatic N) is 2. The minimum absolute atomic E-state index is 0.0896. The molecule has 1 spiro atoms. The highest BCUT2D eigenvalue weighted by Gasteiger charge is 2.73. The lowest BCUT2D eigenvalue weighted by molar-refractivity contribution is -0.384. The van der Waals surface area contributed by atoms with E-state index in [1.807, 2.05) is 48.5 Å². The summed E-state index contributed by atoms with van der Waals surface area (Å²) in [6.07, 6.45) is 0. The zero-order valence-electron chi connectivity index (χ0n) is 24.9. The van der Waals surface area contributed by atoms with Crippen LogP contribution < -0.4 is 10.2 Å². The molecule has 2 atom stereocenters. The molecule has 2 aliphatic rings. The molecular weight excluding hydrogens is 611 g/mol. The minimum Gasteiger partial charge on any atom is -0.360 e. The maximum Gasteiger partial charge on any atom is 0.269 e. The predicted octanol–water partition coefficient (Wildman–Crippen LogP) is 6.80. The number of ketones is 2. The molecule has 5 aromatic carbocycles. The summed E-state index contributed by atoms with van der Waals surface area (Å²) >= 11 is 6.08. The van der Waals surface area contributed by atoms with E-state index >= 15 is 14.4 Å². The molecule has 9 heteroatoms. The Balaban J connectivity index is 1.54. The average molecular weight is 638 g/mol. The molecule has 2 heterocycles. The Morgan fingerprint density at radius 1 is 0.745 bits per heavy atom. The molecule has 1 saturated heterocycles. The standard InChI is InChI=1S/C38H27N3O5S/c42-33(27-14-6-2-7-15-27)37(34(43)28-16-8-3-9-17-28)32(26-20-22-29(23-21-26)41(45)46)38(39-35(37)47)30-18-10-11-19-31(30)40(36(38)44)24-25-12-4-1-5-13-25/h1-23,32H,24H2,(H,39,47). The van der Waals surface area contributed by atoms with Gasteiger partial charge >= 0.3 is 0 Å². The van der Waals surface area contributed by atoms with Crippen LogP contribution in [0.1, 0.15) is 43.3 Å². The minimum atomic E-state index is -2.10. The van der Waals surface area contributed by atoms with Crippen molar-refractivity contribution >= 4 is 46.1 Å². The topological polar surface area (TPSA) is 110 Å². The van der Waals surface area contributed by atoms with Crippen LogP contribution in [0.15, 0.2) is 140 Å². The van der Waals surface area contributed by atoms with Crippen LogP contribution in [0.2, 0.25) is 0 Å². The lowest BCUT2D eigenvalue weighted by Gasteiger charge is -2.37. The number of nitro benzene ring substituents is 1. The van der Waals surface area contributed by atoms with Crippen LogP contribution in [-0.4, -0.2) is 27.4 Å². The molecule has 0 bridgehead atoms. The van der Waals surface area contributed by atoms with Crippen molar-refractivity contribution in [2.75, 3.05) is 4.90 Å².